The molecule has 1 aromatic rings. The maximum absolute atomic E-state index is 9.23. The molecule has 2 bridgehead atoms. The summed E-state index contributed by atoms with van der Waals surface area (Å²) >= 11 is 0. The van der Waals surface area contributed by atoms with E-state index in [0.717, 1.165) is 17.6 Å². The second-order valence-corrected chi connectivity index (χ2v) is 5.71. The first kappa shape index (κ1) is 10.8. The third kappa shape index (κ3) is 1.96. The van der Waals surface area contributed by atoms with Gasteiger partial charge in [0.05, 0.1) is 25.7 Å². The van der Waals surface area contributed by atoms with Crippen LogP contribution in [-0.4, -0.2) is 24.1 Å². The van der Waals surface area contributed by atoms with Crippen LogP contribution < -0.4 is 0 Å². The Labute approximate surface area is 103 Å². The molecular formula is C15H19N2+. The molecule has 3 atom stereocenters. The molecule has 0 N–H and O–H groups in total. The standard InChI is InChI=1S/C15H19N2/c16-9-15-12-17(8-4-7-14(15)11-17)10-13-5-2-1-3-6-13/h1-3,5-6,14-15H,4,7-8,10-12H2/q+1. The molecule has 2 fully saturated rings. The number of hydrogen-bond donors (Lipinski definition) is 0. The fraction of sp³-hybridized carbons (Fsp3) is 0.533. The highest BCUT2D eigenvalue weighted by molar-refractivity contribution is 5.13. The van der Waals surface area contributed by atoms with Gasteiger partial charge in [0, 0.05) is 11.5 Å². The minimum atomic E-state index is 0.307. The van der Waals surface area contributed by atoms with Crippen LogP contribution in [0.4, 0.5) is 0 Å². The Morgan fingerprint density at radius 3 is 2.82 bits per heavy atom. The van der Waals surface area contributed by atoms with Gasteiger partial charge in [0.2, 0.25) is 0 Å². The van der Waals surface area contributed by atoms with Crippen molar-refractivity contribution in [1.29, 1.82) is 5.26 Å². The lowest BCUT2D eigenvalue weighted by atomic mass is 9.92. The van der Waals surface area contributed by atoms with Crippen LogP contribution in [0.3, 0.4) is 0 Å². The van der Waals surface area contributed by atoms with Crippen molar-refractivity contribution in [2.24, 2.45) is 11.8 Å². The minimum absolute atomic E-state index is 0.307. The molecule has 0 amide bonds. The van der Waals surface area contributed by atoms with Crippen molar-refractivity contribution in [2.75, 3.05) is 19.6 Å². The van der Waals surface area contributed by atoms with E-state index in [2.05, 4.69) is 36.4 Å². The zero-order chi connectivity index (χ0) is 11.7. The van der Waals surface area contributed by atoms with Crippen molar-refractivity contribution >= 4 is 0 Å². The fourth-order valence-corrected chi connectivity index (χ4v) is 3.75. The Kier molecular flexibility index (Phi) is 2.64. The molecule has 2 heterocycles. The molecule has 3 unspecified atom stereocenters. The molecule has 88 valence electrons. The maximum atomic E-state index is 9.23. The lowest BCUT2D eigenvalue weighted by Crippen LogP contribution is -2.47. The van der Waals surface area contributed by atoms with Crippen LogP contribution in [0.1, 0.15) is 18.4 Å². The molecule has 0 radical (unpaired) electrons. The van der Waals surface area contributed by atoms with Gasteiger partial charge in [0.25, 0.3) is 0 Å². The number of nitriles is 1. The van der Waals surface area contributed by atoms with Crippen molar-refractivity contribution in [3.63, 3.8) is 0 Å². The Balaban J connectivity index is 1.81. The average Bonchev–Trinajstić information content (AvgIpc) is 2.61. The van der Waals surface area contributed by atoms with Crippen molar-refractivity contribution in [3.8, 4) is 6.07 Å². The third-order valence-electron chi connectivity index (χ3n) is 4.51. The summed E-state index contributed by atoms with van der Waals surface area (Å²) in [5, 5.41) is 9.23. The first-order valence-electron chi connectivity index (χ1n) is 6.60. The highest BCUT2D eigenvalue weighted by atomic mass is 15.4. The predicted octanol–water partition coefficient (Wildman–Crippen LogP) is 2.57. The molecule has 0 aromatic heterocycles. The van der Waals surface area contributed by atoms with Crippen LogP contribution in [0.2, 0.25) is 0 Å². The van der Waals surface area contributed by atoms with Crippen LogP contribution in [-0.2, 0) is 6.54 Å². The lowest BCUT2D eigenvalue weighted by Gasteiger charge is -2.37. The minimum Gasteiger partial charge on any atom is -0.318 e. The van der Waals surface area contributed by atoms with E-state index < -0.39 is 0 Å². The number of rotatable bonds is 2. The van der Waals surface area contributed by atoms with Crippen molar-refractivity contribution in [3.05, 3.63) is 35.9 Å². The van der Waals surface area contributed by atoms with Gasteiger partial charge in [-0.1, -0.05) is 30.3 Å². The first-order valence-corrected chi connectivity index (χ1v) is 6.60. The summed E-state index contributed by atoms with van der Waals surface area (Å²) in [7, 11) is 0. The van der Waals surface area contributed by atoms with E-state index in [1.54, 1.807) is 0 Å². The summed E-state index contributed by atoms with van der Waals surface area (Å²) in [5.41, 5.74) is 1.42. The van der Waals surface area contributed by atoms with Gasteiger partial charge in [0.15, 0.2) is 0 Å². The number of piperidine rings is 1. The Morgan fingerprint density at radius 1 is 1.24 bits per heavy atom. The fourth-order valence-electron chi connectivity index (χ4n) is 3.75. The second kappa shape index (κ2) is 4.16. The van der Waals surface area contributed by atoms with Crippen molar-refractivity contribution in [2.45, 2.75) is 19.4 Å². The van der Waals surface area contributed by atoms with Crippen LogP contribution >= 0.6 is 0 Å². The van der Waals surface area contributed by atoms with Gasteiger partial charge in [-0.2, -0.15) is 5.26 Å². The number of quaternary nitrogens is 1. The molecule has 0 spiro atoms. The molecule has 0 aliphatic carbocycles. The van der Waals surface area contributed by atoms with Crippen LogP contribution in [0, 0.1) is 23.2 Å². The monoisotopic (exact) mass is 227 g/mol. The Hall–Kier alpha value is -1.33. The molecule has 2 aliphatic heterocycles. The summed E-state index contributed by atoms with van der Waals surface area (Å²) in [4.78, 5) is 0. The van der Waals surface area contributed by atoms with E-state index >= 15 is 0 Å². The van der Waals surface area contributed by atoms with E-state index in [-0.39, 0.29) is 0 Å². The third-order valence-corrected chi connectivity index (χ3v) is 4.51. The van der Waals surface area contributed by atoms with Crippen LogP contribution in [0.15, 0.2) is 30.3 Å². The average molecular weight is 227 g/mol. The predicted molar refractivity (Wildman–Crippen MR) is 66.8 cm³/mol. The number of fused-ring (bicyclic) bond motifs is 2. The molecular weight excluding hydrogens is 208 g/mol. The largest absolute Gasteiger partial charge is 0.318 e. The normalized spacial score (nSPS) is 35.5. The van der Waals surface area contributed by atoms with E-state index in [4.69, 9.17) is 0 Å². The van der Waals surface area contributed by atoms with E-state index in [1.807, 2.05) is 0 Å². The molecule has 2 nitrogen and oxygen atoms in total. The summed E-state index contributed by atoms with van der Waals surface area (Å²) < 4.78 is 1.16. The Bertz CT molecular complexity index is 434. The molecule has 17 heavy (non-hydrogen) atoms. The zero-order valence-corrected chi connectivity index (χ0v) is 10.2. The lowest BCUT2D eigenvalue weighted by molar-refractivity contribution is -0.935. The van der Waals surface area contributed by atoms with Gasteiger partial charge < -0.3 is 4.48 Å². The molecule has 2 aliphatic rings. The summed E-state index contributed by atoms with van der Waals surface area (Å²) in [6.45, 7) is 4.70. The summed E-state index contributed by atoms with van der Waals surface area (Å²) in [5.74, 6) is 0.971. The van der Waals surface area contributed by atoms with E-state index in [9.17, 15) is 5.26 Å². The quantitative estimate of drug-likeness (QED) is 0.712. The van der Waals surface area contributed by atoms with Gasteiger partial charge in [-0.25, -0.2) is 0 Å². The number of nitrogens with zero attached hydrogens (tertiary/aromatic N) is 2. The van der Waals surface area contributed by atoms with E-state index in [0.29, 0.717) is 11.8 Å². The smallest absolute Gasteiger partial charge is 0.104 e. The van der Waals surface area contributed by atoms with Gasteiger partial charge in [-0.3, -0.25) is 0 Å². The van der Waals surface area contributed by atoms with Gasteiger partial charge in [-0.15, -0.1) is 0 Å². The highest BCUT2D eigenvalue weighted by Crippen LogP contribution is 2.38. The van der Waals surface area contributed by atoms with E-state index in [1.165, 1.54) is 31.5 Å². The zero-order valence-electron chi connectivity index (χ0n) is 10.2. The number of benzene rings is 1. The van der Waals surface area contributed by atoms with Crippen molar-refractivity contribution in [1.82, 2.24) is 0 Å². The molecule has 0 saturated carbocycles. The first-order chi connectivity index (χ1) is 8.31. The maximum Gasteiger partial charge on any atom is 0.104 e. The molecule has 1 aromatic carbocycles. The summed E-state index contributed by atoms with van der Waals surface area (Å²) in [6.07, 6.45) is 2.57. The topological polar surface area (TPSA) is 23.8 Å². The van der Waals surface area contributed by atoms with Gasteiger partial charge >= 0.3 is 0 Å². The number of hydrogen-bond acceptors (Lipinski definition) is 1. The van der Waals surface area contributed by atoms with Crippen LogP contribution in [0.25, 0.3) is 0 Å². The van der Waals surface area contributed by atoms with Crippen molar-refractivity contribution < 1.29 is 4.48 Å². The summed E-state index contributed by atoms with van der Waals surface area (Å²) in [6, 6.07) is 13.3. The van der Waals surface area contributed by atoms with Gasteiger partial charge in [-0.05, 0) is 12.8 Å². The molecule has 2 heteroatoms. The second-order valence-electron chi connectivity index (χ2n) is 5.71. The van der Waals surface area contributed by atoms with Gasteiger partial charge in [0.1, 0.15) is 12.5 Å². The van der Waals surface area contributed by atoms with Crippen LogP contribution in [0.5, 0.6) is 0 Å². The Morgan fingerprint density at radius 2 is 2.06 bits per heavy atom. The SMILES string of the molecule is N#CC1C[N+]2(Cc3ccccc3)CCCC1C2. The molecule has 3 rings (SSSR count). The highest BCUT2D eigenvalue weighted by Gasteiger charge is 2.47. The molecule has 2 saturated heterocycles.